The Morgan fingerprint density at radius 1 is 0.807 bits per heavy atom. The minimum Gasteiger partial charge on any atom is -0.497 e. The average Bonchev–Trinajstić information content (AvgIpc) is 4.31. The maximum atomic E-state index is 18.5. The highest BCUT2D eigenvalue weighted by Crippen LogP contribution is 2.56. The molecule has 0 spiro atoms. The lowest BCUT2D eigenvalue weighted by molar-refractivity contribution is -0.118. The molecule has 432 valence electrons. The number of methoxy groups -OCH3 is 2. The monoisotopic (exact) mass is 1160 g/mol. The van der Waals surface area contributed by atoms with E-state index in [1.165, 1.54) is 42.3 Å². The maximum absolute atomic E-state index is 18.5. The molecule has 26 heteroatoms. The van der Waals surface area contributed by atoms with Crippen LogP contribution >= 0.6 is 7.82 Å². The van der Waals surface area contributed by atoms with E-state index in [0.29, 0.717) is 40.2 Å². The molecule has 0 aliphatic carbocycles. The molecule has 10 rings (SSSR count). The number of anilines is 2. The fourth-order valence-electron chi connectivity index (χ4n) is 10.1. The Hall–Kier alpha value is -8.31. The number of benzene rings is 4. The number of halogens is 1. The molecule has 2 aliphatic heterocycles. The van der Waals surface area contributed by atoms with Crippen LogP contribution in [0.4, 0.5) is 16.2 Å². The Morgan fingerprint density at radius 2 is 1.42 bits per heavy atom. The Balaban J connectivity index is 1.06. The molecule has 2 amide bonds. The van der Waals surface area contributed by atoms with Crippen molar-refractivity contribution in [1.29, 1.82) is 5.26 Å². The van der Waals surface area contributed by atoms with Crippen LogP contribution in [0.1, 0.15) is 73.1 Å². The summed E-state index contributed by atoms with van der Waals surface area (Å²) in [5.74, 6) is -1.41. The zero-order valence-electron chi connectivity index (χ0n) is 45.6. The number of aliphatic hydroxyl groups is 1. The van der Waals surface area contributed by atoms with Gasteiger partial charge in [0.25, 0.3) is 11.5 Å². The normalized spacial score (nSPS) is 21.4. The number of nitriles is 1. The zero-order valence-corrected chi connectivity index (χ0v) is 46.5. The van der Waals surface area contributed by atoms with E-state index in [1.54, 1.807) is 99.6 Å². The second-order valence-corrected chi connectivity index (χ2v) is 21.3. The summed E-state index contributed by atoms with van der Waals surface area (Å²) in [7, 11) is -1.97. The SMILES string of the molecule is CCC1OC(n2cnc3c(=O)[nH]c(NC(=O)C(C)C)nc32)C(OP(=O)(OCCC#N)OCC2OC(n3cnc4c(NC(=O)c5ccccc5)ncnc43)C(F)C2OC(c2ccccc2)(c2ccc(OC)cc2)c2ccc(OC)cc2)C1CO. The third-order valence-corrected chi connectivity index (χ3v) is 15.8. The van der Waals surface area contributed by atoms with Gasteiger partial charge in [0.15, 0.2) is 46.8 Å². The molecule has 2 fully saturated rings. The van der Waals surface area contributed by atoms with Crippen LogP contribution in [0.25, 0.3) is 22.3 Å². The van der Waals surface area contributed by atoms with Gasteiger partial charge in [-0.25, -0.2) is 28.9 Å². The number of carbonyl (C=O) groups is 2. The Kier molecular flexibility index (Phi) is 17.5. The largest absolute Gasteiger partial charge is 0.497 e. The topological polar surface area (TPSA) is 300 Å². The molecule has 83 heavy (non-hydrogen) atoms. The van der Waals surface area contributed by atoms with Crippen LogP contribution in [0, 0.1) is 23.2 Å². The minimum atomic E-state index is -5.03. The van der Waals surface area contributed by atoms with Crippen LogP contribution in [0.15, 0.2) is 133 Å². The van der Waals surface area contributed by atoms with Gasteiger partial charge in [0.1, 0.15) is 41.7 Å². The summed E-state index contributed by atoms with van der Waals surface area (Å²) in [5, 5.41) is 26.0. The molecule has 0 radical (unpaired) electrons. The molecule has 9 atom stereocenters. The van der Waals surface area contributed by atoms with Gasteiger partial charge in [-0.3, -0.25) is 47.4 Å². The molecule has 4 N–H and O–H groups in total. The van der Waals surface area contributed by atoms with Crippen molar-refractivity contribution in [2.24, 2.45) is 11.8 Å². The Labute approximate surface area is 474 Å². The zero-order chi connectivity index (χ0) is 58.4. The van der Waals surface area contributed by atoms with Crippen molar-refractivity contribution in [2.45, 2.75) is 82.3 Å². The van der Waals surface area contributed by atoms with Gasteiger partial charge in [0, 0.05) is 17.4 Å². The molecule has 9 unspecified atom stereocenters. The number of aromatic amines is 1. The molecule has 2 saturated heterocycles. The number of fused-ring (bicyclic) bond motifs is 2. The van der Waals surface area contributed by atoms with Gasteiger partial charge in [-0.15, -0.1) is 0 Å². The number of amides is 2. The van der Waals surface area contributed by atoms with Crippen LogP contribution in [-0.2, 0) is 42.7 Å². The molecule has 0 saturated carbocycles. The number of aromatic nitrogens is 8. The lowest BCUT2D eigenvalue weighted by atomic mass is 9.79. The summed E-state index contributed by atoms with van der Waals surface area (Å²) >= 11 is 0. The average molecular weight is 1160 g/mol. The molecule has 6 heterocycles. The number of ether oxygens (including phenoxy) is 5. The van der Waals surface area contributed by atoms with Gasteiger partial charge in [-0.2, -0.15) is 10.2 Å². The predicted octanol–water partition coefficient (Wildman–Crippen LogP) is 7.79. The molecular weight excluding hydrogens is 1100 g/mol. The van der Waals surface area contributed by atoms with Crippen molar-refractivity contribution in [3.63, 3.8) is 0 Å². The lowest BCUT2D eigenvalue weighted by Gasteiger charge is -2.39. The lowest BCUT2D eigenvalue weighted by Crippen LogP contribution is -2.44. The van der Waals surface area contributed by atoms with Crippen molar-refractivity contribution in [1.82, 2.24) is 39.0 Å². The number of rotatable bonds is 23. The maximum Gasteiger partial charge on any atom is 0.475 e. The van der Waals surface area contributed by atoms with E-state index in [-0.39, 0.29) is 40.5 Å². The summed E-state index contributed by atoms with van der Waals surface area (Å²) in [6, 6.07) is 33.6. The smallest absolute Gasteiger partial charge is 0.475 e. The predicted molar refractivity (Wildman–Crippen MR) is 297 cm³/mol. The van der Waals surface area contributed by atoms with Gasteiger partial charge in [-0.05, 0) is 59.5 Å². The molecule has 0 bridgehead atoms. The third-order valence-electron chi connectivity index (χ3n) is 14.3. The standard InChI is InChI=1S/C57H59FN11O13P/c1-6-41-40(28-70)46(55(79-41)69-32-63-45-50(69)65-56(67-53(45)73)66-51(71)33(2)3)82-83(74,77-27-13-26-59)78-29-42-47(43(58)54(80-42)68-31-62-44-48(60-30-61-49(44)68)64-52(72)34-14-9-7-10-15-34)81-57(35-16-11-8-12-17-35,36-18-22-38(75-4)23-19-36)37-20-24-39(76-5)25-21-37/h7-12,14-25,30-33,40-43,46-47,54-55,70H,6,13,27-29H2,1-5H3,(H,60,61,64,72)(H2,65,66,67,71,73). The summed E-state index contributed by atoms with van der Waals surface area (Å²) in [6.07, 6.45) is -6.63. The number of aliphatic hydroxyl groups excluding tert-OH is 1. The number of phosphoric acid groups is 1. The Morgan fingerprint density at radius 3 is 2.04 bits per heavy atom. The number of carbonyl (C=O) groups excluding carboxylic acids is 2. The summed E-state index contributed by atoms with van der Waals surface area (Å²) < 4.78 is 87.1. The number of nitrogens with one attached hydrogen (secondary N) is 3. The minimum absolute atomic E-state index is 0.0312. The van der Waals surface area contributed by atoms with E-state index < -0.39 is 105 Å². The highest BCUT2D eigenvalue weighted by molar-refractivity contribution is 7.48. The van der Waals surface area contributed by atoms with E-state index >= 15 is 8.96 Å². The van der Waals surface area contributed by atoms with Crippen molar-refractivity contribution in [3.8, 4) is 17.6 Å². The molecule has 8 aromatic rings. The molecule has 4 aromatic heterocycles. The first kappa shape index (κ1) is 57.9. The number of hydrogen-bond donors (Lipinski definition) is 4. The Bertz CT molecular complexity index is 3670. The number of alkyl halides is 1. The van der Waals surface area contributed by atoms with Gasteiger partial charge < -0.3 is 34.1 Å². The quantitative estimate of drug-likeness (QED) is 0.0270. The van der Waals surface area contributed by atoms with Gasteiger partial charge in [0.05, 0.1) is 65.3 Å². The summed E-state index contributed by atoms with van der Waals surface area (Å²) in [4.78, 5) is 64.0. The number of imidazole rings is 2. The van der Waals surface area contributed by atoms with E-state index in [9.17, 15) is 24.8 Å². The first-order valence-electron chi connectivity index (χ1n) is 26.6. The van der Waals surface area contributed by atoms with Crippen LogP contribution < -0.4 is 25.7 Å². The highest BCUT2D eigenvalue weighted by Gasteiger charge is 2.55. The van der Waals surface area contributed by atoms with Crippen LogP contribution in [0.2, 0.25) is 0 Å². The van der Waals surface area contributed by atoms with Crippen LogP contribution in [-0.4, -0.2) is 121 Å². The first-order valence-corrected chi connectivity index (χ1v) is 28.0. The van der Waals surface area contributed by atoms with E-state index in [2.05, 4.69) is 40.5 Å². The highest BCUT2D eigenvalue weighted by atomic mass is 31.2. The van der Waals surface area contributed by atoms with E-state index in [1.807, 2.05) is 36.4 Å². The van der Waals surface area contributed by atoms with Crippen molar-refractivity contribution >= 4 is 53.7 Å². The second kappa shape index (κ2) is 25.0. The fraction of sp³-hybridized carbons (Fsp3) is 0.351. The van der Waals surface area contributed by atoms with Crippen molar-refractivity contribution < 1.29 is 60.9 Å². The molecule has 4 aromatic carbocycles. The van der Waals surface area contributed by atoms with Crippen LogP contribution in [0.3, 0.4) is 0 Å². The van der Waals surface area contributed by atoms with E-state index in [0.717, 1.165) is 0 Å². The van der Waals surface area contributed by atoms with Crippen molar-refractivity contribution in [2.75, 3.05) is 44.7 Å². The number of hydrogen-bond acceptors (Lipinski definition) is 19. The summed E-state index contributed by atoms with van der Waals surface area (Å²) in [6.45, 7) is 3.30. The number of phosphoric ester groups is 1. The van der Waals surface area contributed by atoms with Crippen molar-refractivity contribution in [3.05, 3.63) is 161 Å². The van der Waals surface area contributed by atoms with E-state index in [4.69, 9.17) is 37.3 Å². The van der Waals surface area contributed by atoms with Crippen LogP contribution in [0.5, 0.6) is 11.5 Å². The molecule has 2 aliphatic rings. The summed E-state index contributed by atoms with van der Waals surface area (Å²) in [5.41, 5.74) is -0.419. The van der Waals surface area contributed by atoms with Gasteiger partial charge in [0.2, 0.25) is 11.9 Å². The second-order valence-electron chi connectivity index (χ2n) is 19.7. The number of nitrogens with zero attached hydrogens (tertiary/aromatic N) is 8. The third kappa shape index (κ3) is 11.7. The number of H-pyrrole nitrogens is 1. The fourth-order valence-corrected chi connectivity index (χ4v) is 11.5. The first-order chi connectivity index (χ1) is 40.2. The molecular formula is C57H59FN11O13P. The van der Waals surface area contributed by atoms with Gasteiger partial charge >= 0.3 is 7.82 Å². The van der Waals surface area contributed by atoms with Gasteiger partial charge in [-0.1, -0.05) is 93.6 Å². The molecule has 24 nitrogen and oxygen atoms in total.